The standard InChI is InChI=1S/C13H15NO2.Cr/c1-2-16-13(15)12-11(8-9-14-12)10-6-4-3-5-7-10;/h3-7,11-12,14H,2,8H2,1H3;/t11-,12+;/m0./s1. The summed E-state index contributed by atoms with van der Waals surface area (Å²) in [5, 5.41) is 3.17. The molecule has 0 unspecified atom stereocenters. The Kier molecular flexibility index (Phi) is 4.12. The van der Waals surface area contributed by atoms with Crippen molar-refractivity contribution in [2.45, 2.75) is 25.3 Å². The Balaban J connectivity index is 2.20. The Labute approximate surface area is 109 Å². The Bertz CT molecular complexity index is 419. The predicted octanol–water partition coefficient (Wildman–Crippen LogP) is 1.37. The third-order valence-corrected chi connectivity index (χ3v) is 3.34. The fourth-order valence-corrected chi connectivity index (χ4v) is 2.59. The second-order valence-electron chi connectivity index (χ2n) is 4.02. The summed E-state index contributed by atoms with van der Waals surface area (Å²) in [6, 6.07) is 9.81. The minimum absolute atomic E-state index is 0.159. The number of hydrogen-bond acceptors (Lipinski definition) is 3. The van der Waals surface area contributed by atoms with Gasteiger partial charge in [0.1, 0.15) is 0 Å². The summed E-state index contributed by atoms with van der Waals surface area (Å²) in [7, 11) is 0. The van der Waals surface area contributed by atoms with Crippen LogP contribution in [0.25, 0.3) is 0 Å². The van der Waals surface area contributed by atoms with Crippen LogP contribution in [0, 0.1) is 0 Å². The van der Waals surface area contributed by atoms with Gasteiger partial charge in [-0.1, -0.05) is 0 Å². The first-order valence-electron chi connectivity index (χ1n) is 5.73. The number of rotatable bonds is 3. The molecule has 0 aromatic heterocycles. The molecule has 2 rings (SSSR count). The maximum absolute atomic E-state index is 11.9. The zero-order valence-corrected chi connectivity index (χ0v) is 11.0. The summed E-state index contributed by atoms with van der Waals surface area (Å²) in [6.07, 6.45) is 0.841. The Morgan fingerprint density at radius 1 is 1.47 bits per heavy atom. The van der Waals surface area contributed by atoms with Crippen molar-refractivity contribution >= 4 is 10.5 Å². The van der Waals surface area contributed by atoms with Crippen molar-refractivity contribution in [3.63, 3.8) is 0 Å². The number of hydrogen-bond donors (Lipinski definition) is 1. The number of nitrogens with one attached hydrogen (secondary N) is 1. The van der Waals surface area contributed by atoms with Gasteiger partial charge in [-0.3, -0.25) is 0 Å². The van der Waals surface area contributed by atoms with E-state index in [4.69, 9.17) is 4.74 Å². The van der Waals surface area contributed by atoms with E-state index in [0.29, 0.717) is 6.61 Å². The first-order valence-corrected chi connectivity index (χ1v) is 6.37. The molecule has 1 N–H and O–H groups in total. The monoisotopic (exact) mass is 269 g/mol. The van der Waals surface area contributed by atoms with Gasteiger partial charge in [0.2, 0.25) is 0 Å². The van der Waals surface area contributed by atoms with E-state index in [0.717, 1.165) is 10.9 Å². The van der Waals surface area contributed by atoms with Crippen molar-refractivity contribution in [1.29, 1.82) is 0 Å². The summed E-state index contributed by atoms with van der Waals surface area (Å²) in [6.45, 7) is 2.24. The van der Waals surface area contributed by atoms with Gasteiger partial charge in [-0.05, 0) is 0 Å². The summed E-state index contributed by atoms with van der Waals surface area (Å²) in [4.78, 5) is 11.9. The van der Waals surface area contributed by atoms with Crippen LogP contribution in [0.1, 0.15) is 24.8 Å². The van der Waals surface area contributed by atoms with Crippen LogP contribution in [0.5, 0.6) is 0 Å². The van der Waals surface area contributed by atoms with Crippen LogP contribution in [-0.4, -0.2) is 23.1 Å². The normalized spacial score (nSPS) is 23.7. The Morgan fingerprint density at radius 2 is 2.18 bits per heavy atom. The van der Waals surface area contributed by atoms with E-state index < -0.39 is 0 Å². The zero-order chi connectivity index (χ0) is 12.3. The average molecular weight is 269 g/mol. The van der Waals surface area contributed by atoms with E-state index in [1.165, 1.54) is 5.56 Å². The molecule has 0 aliphatic carbocycles. The van der Waals surface area contributed by atoms with Gasteiger partial charge in [0.05, 0.1) is 0 Å². The van der Waals surface area contributed by atoms with Gasteiger partial charge in [-0.2, -0.15) is 0 Å². The van der Waals surface area contributed by atoms with Gasteiger partial charge in [-0.25, -0.2) is 0 Å². The second-order valence-corrected chi connectivity index (χ2v) is 4.79. The molecular weight excluding hydrogens is 254 g/mol. The second kappa shape index (κ2) is 5.59. The van der Waals surface area contributed by atoms with Crippen molar-refractivity contribution in [3.8, 4) is 0 Å². The molecule has 0 saturated carbocycles. The van der Waals surface area contributed by atoms with E-state index in [2.05, 4.69) is 33.3 Å². The predicted molar refractivity (Wildman–Crippen MR) is 62.4 cm³/mol. The molecule has 1 aliphatic rings. The molecule has 90 valence electrons. The number of esters is 1. The third kappa shape index (κ3) is 2.84. The molecule has 3 nitrogen and oxygen atoms in total. The maximum atomic E-state index is 11.9. The summed E-state index contributed by atoms with van der Waals surface area (Å²) in [5.74, 6) is -0.0156. The van der Waals surface area contributed by atoms with Crippen LogP contribution in [0.3, 0.4) is 0 Å². The molecule has 4 heteroatoms. The van der Waals surface area contributed by atoms with E-state index in [9.17, 15) is 4.79 Å². The molecule has 1 aromatic rings. The van der Waals surface area contributed by atoms with Crippen LogP contribution >= 0.6 is 0 Å². The van der Waals surface area contributed by atoms with E-state index in [1.807, 2.05) is 25.1 Å². The van der Waals surface area contributed by atoms with E-state index in [1.54, 1.807) is 0 Å². The van der Waals surface area contributed by atoms with Crippen molar-refractivity contribution < 1.29 is 25.4 Å². The molecule has 1 heterocycles. The van der Waals surface area contributed by atoms with Crippen LogP contribution < -0.4 is 5.32 Å². The summed E-state index contributed by atoms with van der Waals surface area (Å²) < 4.78 is 6.12. The molecular formula is C13H15CrNO2. The van der Waals surface area contributed by atoms with Gasteiger partial charge in [0, 0.05) is 0 Å². The minimum atomic E-state index is -0.270. The third-order valence-electron chi connectivity index (χ3n) is 2.89. The molecule has 1 saturated heterocycles. The van der Waals surface area contributed by atoms with Crippen LogP contribution in [0.4, 0.5) is 0 Å². The molecule has 2 atom stereocenters. The van der Waals surface area contributed by atoms with Gasteiger partial charge in [-0.15, -0.1) is 0 Å². The summed E-state index contributed by atoms with van der Waals surface area (Å²) in [5.41, 5.74) is 1.17. The van der Waals surface area contributed by atoms with Gasteiger partial charge in [0.15, 0.2) is 0 Å². The topological polar surface area (TPSA) is 38.3 Å². The molecule has 0 amide bonds. The number of benzene rings is 1. The quantitative estimate of drug-likeness (QED) is 0.842. The molecule has 0 bridgehead atoms. The van der Waals surface area contributed by atoms with Gasteiger partial charge >= 0.3 is 109 Å². The van der Waals surface area contributed by atoms with Crippen molar-refractivity contribution in [1.82, 2.24) is 5.32 Å². The summed E-state index contributed by atoms with van der Waals surface area (Å²) >= 11 is 2.96. The molecule has 1 aromatic carbocycles. The van der Waals surface area contributed by atoms with Crippen molar-refractivity contribution in [2.75, 3.05) is 6.61 Å². The first kappa shape index (κ1) is 12.5. The van der Waals surface area contributed by atoms with E-state index >= 15 is 0 Å². The van der Waals surface area contributed by atoms with Gasteiger partial charge in [0.25, 0.3) is 0 Å². The number of ether oxygens (including phenoxy) is 1. The molecule has 17 heavy (non-hydrogen) atoms. The fourth-order valence-electron chi connectivity index (χ4n) is 2.12. The SMILES string of the molecule is CCOC(=O)[C@@H]1N[C](=[Cr])C[C@H]1c1ccccc1. The average Bonchev–Trinajstić information content (AvgIpc) is 2.73. The Morgan fingerprint density at radius 3 is 2.82 bits per heavy atom. The van der Waals surface area contributed by atoms with E-state index in [-0.39, 0.29) is 17.9 Å². The molecule has 0 spiro atoms. The van der Waals surface area contributed by atoms with Crippen molar-refractivity contribution in [2.24, 2.45) is 0 Å². The van der Waals surface area contributed by atoms with Gasteiger partial charge < -0.3 is 0 Å². The molecule has 1 aliphatic heterocycles. The van der Waals surface area contributed by atoms with Crippen LogP contribution in [-0.2, 0) is 25.4 Å². The molecule has 0 radical (unpaired) electrons. The Hall–Kier alpha value is -0.948. The van der Waals surface area contributed by atoms with Crippen LogP contribution in [0.2, 0.25) is 0 Å². The fraction of sp³-hybridized carbons (Fsp3) is 0.385. The van der Waals surface area contributed by atoms with Crippen LogP contribution in [0.15, 0.2) is 30.3 Å². The zero-order valence-electron chi connectivity index (χ0n) is 9.68. The number of carbonyl (C=O) groups is 1. The number of carbonyl (C=O) groups excluding carboxylic acids is 1. The first-order chi connectivity index (χ1) is 8.22. The molecule has 1 fully saturated rings. The van der Waals surface area contributed by atoms with Crippen molar-refractivity contribution in [3.05, 3.63) is 35.9 Å².